The highest BCUT2D eigenvalue weighted by atomic mass is 35.5. The summed E-state index contributed by atoms with van der Waals surface area (Å²) in [7, 11) is 4.08. The molecule has 1 aromatic carbocycles. The van der Waals surface area contributed by atoms with Crippen LogP contribution in [0.4, 0.5) is 5.13 Å². The van der Waals surface area contributed by atoms with Gasteiger partial charge in [0.15, 0.2) is 5.13 Å². The van der Waals surface area contributed by atoms with Crippen molar-refractivity contribution in [1.29, 1.82) is 0 Å². The third-order valence-electron chi connectivity index (χ3n) is 3.76. The summed E-state index contributed by atoms with van der Waals surface area (Å²) in [6.07, 6.45) is 1.32. The summed E-state index contributed by atoms with van der Waals surface area (Å²) >= 11 is 9.21. The number of rotatable bonds is 7. The molecule has 26 heavy (non-hydrogen) atoms. The predicted molar refractivity (Wildman–Crippen MR) is 115 cm³/mol. The van der Waals surface area contributed by atoms with E-state index in [2.05, 4.69) is 9.88 Å². The number of amides is 1. The van der Waals surface area contributed by atoms with Gasteiger partial charge in [0.1, 0.15) is 0 Å². The molecule has 0 aliphatic rings. The molecule has 0 unspecified atom stereocenters. The minimum absolute atomic E-state index is 0. The molecule has 2 heterocycles. The number of carbonyl (C=O) groups excluding carboxylic acids is 1. The first-order valence-electron chi connectivity index (χ1n) is 8.06. The molecule has 140 valence electrons. The van der Waals surface area contributed by atoms with Crippen LogP contribution >= 0.6 is 46.7 Å². The fraction of sp³-hybridized carbons (Fsp3) is 0.333. The van der Waals surface area contributed by atoms with E-state index in [0.717, 1.165) is 33.2 Å². The van der Waals surface area contributed by atoms with Gasteiger partial charge in [-0.15, -0.1) is 23.7 Å². The van der Waals surface area contributed by atoms with Crippen molar-refractivity contribution < 1.29 is 4.79 Å². The van der Waals surface area contributed by atoms with Crippen LogP contribution in [0.25, 0.3) is 10.2 Å². The van der Waals surface area contributed by atoms with E-state index in [1.54, 1.807) is 11.3 Å². The van der Waals surface area contributed by atoms with Crippen LogP contribution in [0.1, 0.15) is 11.3 Å². The Balaban J connectivity index is 0.00000243. The molecule has 0 saturated heterocycles. The summed E-state index contributed by atoms with van der Waals surface area (Å²) in [5, 5.41) is 3.43. The summed E-state index contributed by atoms with van der Waals surface area (Å²) in [4.78, 5) is 22.6. The molecule has 0 N–H and O–H groups in total. The van der Waals surface area contributed by atoms with Gasteiger partial charge in [0.2, 0.25) is 5.91 Å². The Morgan fingerprint density at radius 2 is 2.04 bits per heavy atom. The lowest BCUT2D eigenvalue weighted by Crippen LogP contribution is -2.34. The standard InChI is InChI=1S/C18H20ClN3OS2.ClH/c1-21(2)8-4-9-22(17(23)12-14-5-3-10-24-14)18-20-15-7-6-13(19)11-16(15)25-18;/h3,5-7,10-11H,4,8-9,12H2,1-2H3;1H. The fourth-order valence-electron chi connectivity index (χ4n) is 2.53. The molecule has 3 aromatic rings. The van der Waals surface area contributed by atoms with Crippen molar-refractivity contribution >= 4 is 67.9 Å². The smallest absolute Gasteiger partial charge is 0.234 e. The third-order valence-corrected chi connectivity index (χ3v) is 5.92. The van der Waals surface area contributed by atoms with Crippen molar-refractivity contribution in [2.24, 2.45) is 0 Å². The van der Waals surface area contributed by atoms with Crippen molar-refractivity contribution in [3.8, 4) is 0 Å². The quantitative estimate of drug-likeness (QED) is 0.532. The van der Waals surface area contributed by atoms with Gasteiger partial charge in [-0.2, -0.15) is 0 Å². The third kappa shape index (κ3) is 5.41. The Hall–Kier alpha value is -1.18. The van der Waals surface area contributed by atoms with Crippen molar-refractivity contribution in [3.05, 3.63) is 45.6 Å². The van der Waals surface area contributed by atoms with Crippen LogP contribution in [0.2, 0.25) is 5.02 Å². The van der Waals surface area contributed by atoms with Gasteiger partial charge in [-0.1, -0.05) is 29.0 Å². The average molecular weight is 430 g/mol. The molecule has 0 aliphatic carbocycles. The SMILES string of the molecule is CN(C)CCCN(C(=O)Cc1cccs1)c1nc2ccc(Cl)cc2s1.Cl. The van der Waals surface area contributed by atoms with E-state index in [1.807, 2.05) is 54.7 Å². The maximum atomic E-state index is 12.9. The van der Waals surface area contributed by atoms with Gasteiger partial charge >= 0.3 is 0 Å². The summed E-state index contributed by atoms with van der Waals surface area (Å²) in [5.41, 5.74) is 0.880. The van der Waals surface area contributed by atoms with Crippen LogP contribution in [0.5, 0.6) is 0 Å². The molecule has 2 aromatic heterocycles. The normalized spacial score (nSPS) is 10.9. The maximum Gasteiger partial charge on any atom is 0.234 e. The first-order valence-corrected chi connectivity index (χ1v) is 10.1. The van der Waals surface area contributed by atoms with Crippen LogP contribution in [0, 0.1) is 0 Å². The highest BCUT2D eigenvalue weighted by Gasteiger charge is 2.20. The second kappa shape index (κ2) is 9.67. The summed E-state index contributed by atoms with van der Waals surface area (Å²) < 4.78 is 1.00. The van der Waals surface area contributed by atoms with Gasteiger partial charge in [0, 0.05) is 16.4 Å². The van der Waals surface area contributed by atoms with Gasteiger partial charge < -0.3 is 4.90 Å². The van der Waals surface area contributed by atoms with Crippen molar-refractivity contribution in [3.63, 3.8) is 0 Å². The Kier molecular flexibility index (Phi) is 7.85. The van der Waals surface area contributed by atoms with Crippen LogP contribution in [-0.4, -0.2) is 43.0 Å². The number of halogens is 2. The monoisotopic (exact) mass is 429 g/mol. The number of hydrogen-bond acceptors (Lipinski definition) is 5. The molecule has 0 aliphatic heterocycles. The summed E-state index contributed by atoms with van der Waals surface area (Å²) in [6, 6.07) is 9.61. The first kappa shape index (κ1) is 21.1. The Morgan fingerprint density at radius 1 is 1.23 bits per heavy atom. The van der Waals surface area contributed by atoms with Gasteiger partial charge in [-0.05, 0) is 56.7 Å². The molecule has 0 spiro atoms. The van der Waals surface area contributed by atoms with E-state index in [0.29, 0.717) is 18.0 Å². The first-order chi connectivity index (χ1) is 12.0. The number of hydrogen-bond donors (Lipinski definition) is 0. The molecule has 8 heteroatoms. The lowest BCUT2D eigenvalue weighted by molar-refractivity contribution is -0.118. The van der Waals surface area contributed by atoms with E-state index in [1.165, 1.54) is 11.3 Å². The Labute approximate surface area is 172 Å². The Bertz CT molecular complexity index is 849. The number of nitrogens with zero attached hydrogens (tertiary/aromatic N) is 3. The molecular weight excluding hydrogens is 409 g/mol. The molecule has 1 amide bonds. The molecular formula is C18H21Cl2N3OS2. The fourth-order valence-corrected chi connectivity index (χ4v) is 4.51. The number of thiophene rings is 1. The lowest BCUT2D eigenvalue weighted by atomic mass is 10.3. The minimum Gasteiger partial charge on any atom is -0.309 e. The average Bonchev–Trinajstić information content (AvgIpc) is 3.19. The number of thiazole rings is 1. The summed E-state index contributed by atoms with van der Waals surface area (Å²) in [6.45, 7) is 1.59. The van der Waals surface area contributed by atoms with Crippen molar-refractivity contribution in [1.82, 2.24) is 9.88 Å². The van der Waals surface area contributed by atoms with E-state index < -0.39 is 0 Å². The second-order valence-electron chi connectivity index (χ2n) is 6.07. The zero-order chi connectivity index (χ0) is 17.8. The molecule has 0 fully saturated rings. The topological polar surface area (TPSA) is 36.4 Å². The van der Waals surface area contributed by atoms with E-state index in [4.69, 9.17) is 11.6 Å². The van der Waals surface area contributed by atoms with Gasteiger partial charge in [-0.25, -0.2) is 4.98 Å². The van der Waals surface area contributed by atoms with Crippen LogP contribution in [0.3, 0.4) is 0 Å². The molecule has 0 atom stereocenters. The van der Waals surface area contributed by atoms with Gasteiger partial charge in [0.05, 0.1) is 16.6 Å². The number of carbonyl (C=O) groups is 1. The number of fused-ring (bicyclic) bond motifs is 1. The van der Waals surface area contributed by atoms with Crippen molar-refractivity contribution in [2.45, 2.75) is 12.8 Å². The van der Waals surface area contributed by atoms with Crippen LogP contribution in [-0.2, 0) is 11.2 Å². The zero-order valence-corrected chi connectivity index (χ0v) is 17.9. The Morgan fingerprint density at radius 3 is 2.73 bits per heavy atom. The van der Waals surface area contributed by atoms with Gasteiger partial charge in [0.25, 0.3) is 0 Å². The van der Waals surface area contributed by atoms with Gasteiger partial charge in [-0.3, -0.25) is 9.69 Å². The number of benzene rings is 1. The highest BCUT2D eigenvalue weighted by Crippen LogP contribution is 2.31. The minimum atomic E-state index is 0. The largest absolute Gasteiger partial charge is 0.309 e. The molecule has 3 rings (SSSR count). The zero-order valence-electron chi connectivity index (χ0n) is 14.6. The predicted octanol–water partition coefficient (Wildman–Crippen LogP) is 4.96. The summed E-state index contributed by atoms with van der Waals surface area (Å²) in [5.74, 6) is 0.0892. The van der Waals surface area contributed by atoms with E-state index >= 15 is 0 Å². The maximum absolute atomic E-state index is 12.9. The lowest BCUT2D eigenvalue weighted by Gasteiger charge is -2.20. The van der Waals surface area contributed by atoms with Crippen molar-refractivity contribution in [2.75, 3.05) is 32.1 Å². The van der Waals surface area contributed by atoms with Crippen LogP contribution in [0.15, 0.2) is 35.7 Å². The number of aromatic nitrogens is 1. The molecule has 0 saturated carbocycles. The number of anilines is 1. The molecule has 0 bridgehead atoms. The molecule has 4 nitrogen and oxygen atoms in total. The van der Waals surface area contributed by atoms with E-state index in [9.17, 15) is 4.79 Å². The van der Waals surface area contributed by atoms with E-state index in [-0.39, 0.29) is 18.3 Å². The highest BCUT2D eigenvalue weighted by molar-refractivity contribution is 7.22. The second-order valence-corrected chi connectivity index (χ2v) is 8.54. The molecule has 0 radical (unpaired) electrons. The van der Waals surface area contributed by atoms with Crippen LogP contribution < -0.4 is 4.90 Å².